The minimum Gasteiger partial charge on any atom is -0.490 e. The molecule has 216 valence electrons. The minimum absolute atomic E-state index is 0.127. The van der Waals surface area contributed by atoms with Crippen molar-refractivity contribution in [3.63, 3.8) is 0 Å². The zero-order chi connectivity index (χ0) is 29.2. The number of carboxylic acid groups (broad SMARTS) is 1. The van der Waals surface area contributed by atoms with E-state index in [4.69, 9.17) is 42.6 Å². The molecule has 41 heavy (non-hydrogen) atoms. The van der Waals surface area contributed by atoms with E-state index < -0.39 is 0 Å². The van der Waals surface area contributed by atoms with Gasteiger partial charge in [-0.2, -0.15) is 0 Å². The van der Waals surface area contributed by atoms with Gasteiger partial charge in [-0.1, -0.05) is 69.5 Å². The Hall–Kier alpha value is -3.04. The summed E-state index contributed by atoms with van der Waals surface area (Å²) in [6, 6.07) is 21.5. The first-order valence-electron chi connectivity index (χ1n) is 13.3. The van der Waals surface area contributed by atoms with Crippen LogP contribution in [0.3, 0.4) is 0 Å². The summed E-state index contributed by atoms with van der Waals surface area (Å²) in [5, 5.41) is 11.4. The number of nitrogens with zero attached hydrogens (tertiary/aromatic N) is 1. The van der Waals surface area contributed by atoms with Gasteiger partial charge in [0.05, 0.1) is 5.02 Å². The minimum atomic E-state index is -0.250. The lowest BCUT2D eigenvalue weighted by molar-refractivity contribution is -0.128. The maximum Gasteiger partial charge on any atom is 0.290 e. The van der Waals surface area contributed by atoms with Crippen molar-refractivity contribution >= 4 is 57.1 Å². The summed E-state index contributed by atoms with van der Waals surface area (Å²) in [5.74, 6) is 1.40. The Balaban J connectivity index is 0.00000124. The third-order valence-corrected chi connectivity index (χ3v) is 8.05. The fourth-order valence-corrected chi connectivity index (χ4v) is 5.34. The zero-order valence-electron chi connectivity index (χ0n) is 22.3. The predicted octanol–water partition coefficient (Wildman–Crippen LogP) is 6.85. The largest absolute Gasteiger partial charge is 0.490 e. The molecular formula is C31H31BrCl2N2O5. The van der Waals surface area contributed by atoms with Crippen molar-refractivity contribution in [2.24, 2.45) is 0 Å². The molecule has 1 heterocycles. The third-order valence-electron chi connectivity index (χ3n) is 6.73. The second kappa shape index (κ2) is 15.3. The second-order valence-electron chi connectivity index (χ2n) is 9.54. The number of amides is 1. The van der Waals surface area contributed by atoms with Crippen molar-refractivity contribution in [2.75, 3.05) is 26.3 Å². The van der Waals surface area contributed by atoms with E-state index in [-0.39, 0.29) is 12.4 Å². The number of hydrogen-bond acceptors (Lipinski definition) is 5. The quantitative estimate of drug-likeness (QED) is 0.183. The fourth-order valence-electron chi connectivity index (χ4n) is 4.60. The predicted molar refractivity (Wildman–Crippen MR) is 165 cm³/mol. The molecule has 0 atom stereocenters. The standard InChI is InChI=1S/C30H29BrCl2N2O3.CH2O2/c31-27-4-2-1-3-21(27)19-35(23-8-9-23)30(36)26-18-34-14-13-25(26)20-5-10-24(11-6-20)37-15-16-38-29-17-22(32)7-12-28(29)33;2-1-3/h1-7,10-12,17,23,34H,8-9,13-16,18-19H2;1H,(H,2,3). The third kappa shape index (κ3) is 8.72. The molecular weight excluding hydrogens is 631 g/mol. The highest BCUT2D eigenvalue weighted by Crippen LogP contribution is 2.34. The second-order valence-corrected chi connectivity index (χ2v) is 11.2. The highest BCUT2D eigenvalue weighted by molar-refractivity contribution is 9.10. The molecule has 10 heteroatoms. The van der Waals surface area contributed by atoms with Gasteiger partial charge < -0.3 is 24.8 Å². The monoisotopic (exact) mass is 660 g/mol. The van der Waals surface area contributed by atoms with E-state index in [0.717, 1.165) is 58.3 Å². The summed E-state index contributed by atoms with van der Waals surface area (Å²) in [5.41, 5.74) is 4.15. The van der Waals surface area contributed by atoms with Gasteiger partial charge in [-0.05, 0) is 72.8 Å². The van der Waals surface area contributed by atoms with E-state index >= 15 is 0 Å². The van der Waals surface area contributed by atoms with Gasteiger partial charge >= 0.3 is 0 Å². The topological polar surface area (TPSA) is 88.1 Å². The van der Waals surface area contributed by atoms with Crippen molar-refractivity contribution in [2.45, 2.75) is 31.8 Å². The van der Waals surface area contributed by atoms with Crippen LogP contribution in [-0.4, -0.2) is 54.7 Å². The summed E-state index contributed by atoms with van der Waals surface area (Å²) in [7, 11) is 0. The number of carbonyl (C=O) groups excluding carboxylic acids is 1. The van der Waals surface area contributed by atoms with E-state index in [9.17, 15) is 4.79 Å². The lowest BCUT2D eigenvalue weighted by Gasteiger charge is -2.28. The smallest absolute Gasteiger partial charge is 0.290 e. The van der Waals surface area contributed by atoms with Crippen molar-refractivity contribution < 1.29 is 24.2 Å². The van der Waals surface area contributed by atoms with E-state index in [1.54, 1.807) is 18.2 Å². The molecule has 7 nitrogen and oxygen atoms in total. The fraction of sp³-hybridized carbons (Fsp3) is 0.290. The van der Waals surface area contributed by atoms with Gasteiger partial charge in [-0.25, -0.2) is 0 Å². The number of halogens is 3. The number of hydrogen-bond donors (Lipinski definition) is 2. The van der Waals surface area contributed by atoms with Crippen LogP contribution in [0, 0.1) is 0 Å². The number of ether oxygens (including phenoxy) is 2. The van der Waals surface area contributed by atoms with Crippen LogP contribution in [0.4, 0.5) is 0 Å². The van der Waals surface area contributed by atoms with E-state index in [0.29, 0.717) is 48.1 Å². The number of rotatable bonds is 10. The molecule has 0 aromatic heterocycles. The Morgan fingerprint density at radius 2 is 1.76 bits per heavy atom. The first kappa shape index (κ1) is 30.9. The molecule has 2 N–H and O–H groups in total. The van der Waals surface area contributed by atoms with Gasteiger partial charge in [0.15, 0.2) is 0 Å². The average Bonchev–Trinajstić information content (AvgIpc) is 3.83. The van der Waals surface area contributed by atoms with Gasteiger partial charge in [0.25, 0.3) is 12.4 Å². The molecule has 5 rings (SSSR count). The molecule has 3 aromatic rings. The van der Waals surface area contributed by atoms with Crippen molar-refractivity contribution in [1.82, 2.24) is 10.2 Å². The molecule has 3 aromatic carbocycles. The van der Waals surface area contributed by atoms with E-state index in [1.165, 1.54) is 0 Å². The van der Waals surface area contributed by atoms with Crippen LogP contribution < -0.4 is 14.8 Å². The summed E-state index contributed by atoms with van der Waals surface area (Å²) in [4.78, 5) is 24.2. The van der Waals surface area contributed by atoms with Crippen LogP contribution in [0.1, 0.15) is 30.4 Å². The van der Waals surface area contributed by atoms with Crippen LogP contribution in [0.5, 0.6) is 11.5 Å². The van der Waals surface area contributed by atoms with Crippen molar-refractivity contribution in [3.8, 4) is 11.5 Å². The maximum absolute atomic E-state index is 13.8. The highest BCUT2D eigenvalue weighted by Gasteiger charge is 2.35. The Morgan fingerprint density at radius 1 is 1.05 bits per heavy atom. The molecule has 1 fully saturated rings. The normalized spacial score (nSPS) is 14.5. The summed E-state index contributed by atoms with van der Waals surface area (Å²) in [6.45, 7) is 2.49. The SMILES string of the molecule is O=C(C1=C(c2ccc(OCCOc3cc(Cl)ccc3Cl)cc2)CCNC1)N(Cc1ccccc1Br)C1CC1.O=CO. The van der Waals surface area contributed by atoms with Gasteiger partial charge in [0.1, 0.15) is 24.7 Å². The van der Waals surface area contributed by atoms with Crippen LogP contribution in [0.25, 0.3) is 5.57 Å². The van der Waals surface area contributed by atoms with E-state index in [2.05, 4.69) is 27.3 Å². The Morgan fingerprint density at radius 3 is 2.46 bits per heavy atom. The molecule has 2 aliphatic rings. The van der Waals surface area contributed by atoms with Gasteiger partial charge in [0, 0.05) is 40.3 Å². The lowest BCUT2D eigenvalue weighted by Crippen LogP contribution is -2.39. The zero-order valence-corrected chi connectivity index (χ0v) is 25.4. The van der Waals surface area contributed by atoms with Crippen LogP contribution in [0.2, 0.25) is 10.0 Å². The van der Waals surface area contributed by atoms with Crippen molar-refractivity contribution in [3.05, 3.63) is 97.9 Å². The van der Waals surface area contributed by atoms with Crippen LogP contribution in [-0.2, 0) is 16.1 Å². The van der Waals surface area contributed by atoms with Gasteiger partial charge in [-0.15, -0.1) is 0 Å². The molecule has 0 unspecified atom stereocenters. The van der Waals surface area contributed by atoms with Crippen LogP contribution >= 0.6 is 39.1 Å². The Kier molecular flexibility index (Phi) is 11.5. The molecule has 1 aliphatic heterocycles. The molecule has 0 spiro atoms. The maximum atomic E-state index is 13.8. The summed E-state index contributed by atoms with van der Waals surface area (Å²) < 4.78 is 12.6. The number of benzene rings is 3. The molecule has 1 aliphatic carbocycles. The van der Waals surface area contributed by atoms with Crippen LogP contribution in [0.15, 0.2) is 76.8 Å². The number of nitrogens with one attached hydrogen (secondary N) is 1. The molecule has 0 radical (unpaired) electrons. The van der Waals surface area contributed by atoms with E-state index in [1.807, 2.05) is 47.4 Å². The summed E-state index contributed by atoms with van der Waals surface area (Å²) >= 11 is 15.8. The number of carbonyl (C=O) groups is 2. The molecule has 1 saturated carbocycles. The molecule has 1 amide bonds. The average molecular weight is 662 g/mol. The first-order valence-corrected chi connectivity index (χ1v) is 14.8. The Bertz CT molecular complexity index is 1380. The van der Waals surface area contributed by atoms with Crippen molar-refractivity contribution in [1.29, 1.82) is 0 Å². The highest BCUT2D eigenvalue weighted by atomic mass is 79.9. The molecule has 0 saturated heterocycles. The summed E-state index contributed by atoms with van der Waals surface area (Å²) in [6.07, 6.45) is 2.93. The molecule has 0 bridgehead atoms. The lowest BCUT2D eigenvalue weighted by atomic mass is 9.93. The van der Waals surface area contributed by atoms with Gasteiger partial charge in [-0.3, -0.25) is 9.59 Å². The van der Waals surface area contributed by atoms with Gasteiger partial charge in [0.2, 0.25) is 0 Å². The first-order chi connectivity index (χ1) is 19.9. The Labute approximate surface area is 258 Å².